The number of halogens is 2. The first-order chi connectivity index (χ1) is 14.6. The number of nitrogens with two attached hydrogens (primary N) is 1. The van der Waals surface area contributed by atoms with Gasteiger partial charge >= 0.3 is 0 Å². The maximum atomic E-state index is 13.4. The third kappa shape index (κ3) is 5.10. The van der Waals surface area contributed by atoms with E-state index in [9.17, 15) is 13.6 Å². The highest BCUT2D eigenvalue weighted by atomic mass is 19.2. The Labute approximate surface area is 181 Å². The molecule has 0 spiro atoms. The van der Waals surface area contributed by atoms with Gasteiger partial charge in [-0.15, -0.1) is 0 Å². The number of allylic oxidation sites excluding steroid dienone is 1. The first-order valence-electron chi connectivity index (χ1n) is 10.2. The Morgan fingerprint density at radius 2 is 1.97 bits per heavy atom. The molecule has 2 aromatic rings. The number of carbonyl (C=O) groups excluding carboxylic acids is 1. The van der Waals surface area contributed by atoms with Gasteiger partial charge in [0.05, 0.1) is 11.7 Å². The molecule has 1 aliphatic carbocycles. The molecule has 1 saturated carbocycles. The minimum Gasteiger partial charge on any atom is -0.490 e. The molecule has 2 atom stereocenters. The van der Waals surface area contributed by atoms with E-state index in [4.69, 9.17) is 10.5 Å². The predicted octanol–water partition coefficient (Wildman–Crippen LogP) is 5.17. The van der Waals surface area contributed by atoms with E-state index < -0.39 is 17.5 Å². The summed E-state index contributed by atoms with van der Waals surface area (Å²) in [4.78, 5) is 16.3. The van der Waals surface area contributed by atoms with Gasteiger partial charge in [-0.05, 0) is 62.9 Å². The number of benzene rings is 2. The number of ether oxygens (including phenoxy) is 1. The number of anilines is 1. The lowest BCUT2D eigenvalue weighted by Gasteiger charge is -2.17. The van der Waals surface area contributed by atoms with Crippen molar-refractivity contribution in [1.82, 2.24) is 0 Å². The first-order valence-corrected chi connectivity index (χ1v) is 10.2. The van der Waals surface area contributed by atoms with E-state index in [0.717, 1.165) is 24.1 Å². The van der Waals surface area contributed by atoms with E-state index >= 15 is 0 Å². The Hall–Kier alpha value is -3.22. The number of amides is 1. The SMILES string of the molecule is CC(=N/C=C\C1(c2ccc(OC(C)C)c(C(N)=O)c2)CC1C)Nc1ccc(F)c(F)c1. The maximum Gasteiger partial charge on any atom is 0.252 e. The number of primary amides is 1. The monoisotopic (exact) mass is 427 g/mol. The van der Waals surface area contributed by atoms with E-state index in [1.54, 1.807) is 25.3 Å². The Morgan fingerprint density at radius 3 is 2.55 bits per heavy atom. The molecule has 0 heterocycles. The summed E-state index contributed by atoms with van der Waals surface area (Å²) < 4.78 is 32.1. The Morgan fingerprint density at radius 1 is 1.26 bits per heavy atom. The highest BCUT2D eigenvalue weighted by Gasteiger charge is 2.50. The summed E-state index contributed by atoms with van der Waals surface area (Å²) in [5.74, 6) is -0.975. The summed E-state index contributed by atoms with van der Waals surface area (Å²) in [6.45, 7) is 7.64. The van der Waals surface area contributed by atoms with Crippen LogP contribution in [0.5, 0.6) is 5.75 Å². The average Bonchev–Trinajstić information content (AvgIpc) is 3.35. The van der Waals surface area contributed by atoms with Crippen molar-refractivity contribution in [2.75, 3.05) is 5.32 Å². The van der Waals surface area contributed by atoms with Crippen LogP contribution in [0.2, 0.25) is 0 Å². The van der Waals surface area contributed by atoms with Crippen LogP contribution in [0.3, 0.4) is 0 Å². The zero-order valence-electron chi connectivity index (χ0n) is 18.1. The van der Waals surface area contributed by atoms with E-state index in [1.165, 1.54) is 6.07 Å². The van der Waals surface area contributed by atoms with Gasteiger partial charge in [0.2, 0.25) is 0 Å². The summed E-state index contributed by atoms with van der Waals surface area (Å²) in [5.41, 5.74) is 7.08. The van der Waals surface area contributed by atoms with Crippen molar-refractivity contribution in [1.29, 1.82) is 0 Å². The van der Waals surface area contributed by atoms with Gasteiger partial charge in [-0.3, -0.25) is 4.79 Å². The molecule has 0 aliphatic heterocycles. The van der Waals surface area contributed by atoms with Crippen molar-refractivity contribution in [3.8, 4) is 5.75 Å². The molecule has 0 bridgehead atoms. The molecule has 2 unspecified atom stereocenters. The van der Waals surface area contributed by atoms with E-state index in [0.29, 0.717) is 28.8 Å². The molecule has 7 heteroatoms. The van der Waals surface area contributed by atoms with Crippen LogP contribution in [0, 0.1) is 17.6 Å². The molecule has 0 aromatic heterocycles. The molecule has 31 heavy (non-hydrogen) atoms. The second kappa shape index (κ2) is 8.88. The van der Waals surface area contributed by atoms with Crippen LogP contribution < -0.4 is 15.8 Å². The van der Waals surface area contributed by atoms with Crippen LogP contribution in [-0.4, -0.2) is 17.8 Å². The van der Waals surface area contributed by atoms with Gasteiger partial charge in [0.25, 0.3) is 5.91 Å². The number of hydrogen-bond acceptors (Lipinski definition) is 3. The molecule has 0 saturated heterocycles. The van der Waals surface area contributed by atoms with E-state index in [1.807, 2.05) is 26.0 Å². The van der Waals surface area contributed by atoms with Crippen molar-refractivity contribution in [2.45, 2.75) is 45.6 Å². The van der Waals surface area contributed by atoms with E-state index in [-0.39, 0.29) is 11.5 Å². The topological polar surface area (TPSA) is 76.7 Å². The van der Waals surface area contributed by atoms with Crippen LogP contribution in [0.4, 0.5) is 14.5 Å². The second-order valence-electron chi connectivity index (χ2n) is 8.17. The fourth-order valence-corrected chi connectivity index (χ4v) is 3.64. The number of hydrogen-bond donors (Lipinski definition) is 2. The lowest BCUT2D eigenvalue weighted by Crippen LogP contribution is -2.17. The number of nitrogens with zero attached hydrogens (tertiary/aromatic N) is 1. The number of aliphatic imine (C=N–C) groups is 1. The summed E-state index contributed by atoms with van der Waals surface area (Å²) >= 11 is 0. The van der Waals surface area contributed by atoms with Crippen molar-refractivity contribution in [3.05, 3.63) is 71.4 Å². The third-order valence-electron chi connectivity index (χ3n) is 5.39. The lowest BCUT2D eigenvalue weighted by atomic mass is 9.91. The predicted molar refractivity (Wildman–Crippen MR) is 118 cm³/mol. The standard InChI is InChI=1S/C24H27F2N3O2/c1-14(2)31-22-8-5-17(11-19(22)23(27)30)24(13-15(24)3)9-10-28-16(4)29-18-6-7-20(25)21(26)12-18/h5-12,14-15H,13H2,1-4H3,(H2,27,30)(H,28,29)/b10-9-. The van der Waals surface area contributed by atoms with Gasteiger partial charge in [0.15, 0.2) is 11.6 Å². The van der Waals surface area contributed by atoms with E-state index in [2.05, 4.69) is 17.2 Å². The molecule has 1 amide bonds. The van der Waals surface area contributed by atoms with Crippen molar-refractivity contribution >= 4 is 17.4 Å². The summed E-state index contributed by atoms with van der Waals surface area (Å²) in [5, 5.41) is 2.93. The fraction of sp³-hybridized carbons (Fsp3) is 0.333. The number of nitrogens with one attached hydrogen (secondary N) is 1. The minimum atomic E-state index is -0.922. The molecule has 3 N–H and O–H groups in total. The van der Waals surface area contributed by atoms with Gasteiger partial charge in [-0.1, -0.05) is 19.1 Å². The number of rotatable bonds is 7. The quantitative estimate of drug-likeness (QED) is 0.473. The third-order valence-corrected chi connectivity index (χ3v) is 5.39. The number of amidine groups is 1. The molecule has 0 radical (unpaired) electrons. The molecule has 3 rings (SSSR count). The van der Waals surface area contributed by atoms with Gasteiger partial charge in [0.1, 0.15) is 11.6 Å². The highest BCUT2D eigenvalue weighted by molar-refractivity contribution is 5.96. The normalized spacial score (nSPS) is 20.9. The minimum absolute atomic E-state index is 0.0722. The van der Waals surface area contributed by atoms with Crippen LogP contribution in [-0.2, 0) is 5.41 Å². The molecular formula is C24H27F2N3O2. The van der Waals surface area contributed by atoms with Gasteiger partial charge in [0, 0.05) is 23.4 Å². The van der Waals surface area contributed by atoms with Gasteiger partial charge in [-0.2, -0.15) is 0 Å². The number of carbonyl (C=O) groups is 1. The molecule has 164 valence electrons. The first kappa shape index (κ1) is 22.5. The zero-order chi connectivity index (χ0) is 22.8. The summed E-state index contributed by atoms with van der Waals surface area (Å²) in [6, 6.07) is 9.12. The van der Waals surface area contributed by atoms with Crippen molar-refractivity contribution < 1.29 is 18.3 Å². The summed E-state index contributed by atoms with van der Waals surface area (Å²) in [7, 11) is 0. The average molecular weight is 427 g/mol. The maximum absolute atomic E-state index is 13.4. The Balaban J connectivity index is 1.80. The molecule has 2 aromatic carbocycles. The highest BCUT2D eigenvalue weighted by Crippen LogP contribution is 2.55. The largest absolute Gasteiger partial charge is 0.490 e. The van der Waals surface area contributed by atoms with Crippen molar-refractivity contribution in [3.63, 3.8) is 0 Å². The zero-order valence-corrected chi connectivity index (χ0v) is 18.1. The van der Waals surface area contributed by atoms with Crippen LogP contribution in [0.25, 0.3) is 0 Å². The molecular weight excluding hydrogens is 400 g/mol. The Bertz CT molecular complexity index is 1050. The molecule has 1 aliphatic rings. The fourth-order valence-electron chi connectivity index (χ4n) is 3.64. The van der Waals surface area contributed by atoms with Crippen molar-refractivity contribution in [2.24, 2.45) is 16.6 Å². The summed E-state index contributed by atoms with van der Waals surface area (Å²) in [6.07, 6.45) is 4.53. The smallest absolute Gasteiger partial charge is 0.252 e. The van der Waals surface area contributed by atoms with Crippen LogP contribution in [0.15, 0.2) is 53.7 Å². The Kier molecular flexibility index (Phi) is 6.43. The van der Waals surface area contributed by atoms with Crippen LogP contribution >= 0.6 is 0 Å². The molecule has 1 fully saturated rings. The van der Waals surface area contributed by atoms with Crippen LogP contribution in [0.1, 0.15) is 50.0 Å². The molecule has 5 nitrogen and oxygen atoms in total. The van der Waals surface area contributed by atoms with Gasteiger partial charge < -0.3 is 15.8 Å². The van der Waals surface area contributed by atoms with Gasteiger partial charge in [-0.25, -0.2) is 13.8 Å². The lowest BCUT2D eigenvalue weighted by molar-refractivity contribution is 0.0994. The second-order valence-corrected chi connectivity index (χ2v) is 8.17.